The second-order valence-corrected chi connectivity index (χ2v) is 4.89. The number of carbonyl (C=O) groups is 1. The zero-order chi connectivity index (χ0) is 11.3. The molecule has 88 valence electrons. The molecule has 1 aliphatic heterocycles. The van der Waals surface area contributed by atoms with Crippen LogP contribution < -0.4 is 0 Å². The molecule has 0 bridgehead atoms. The van der Waals surface area contributed by atoms with Crippen LogP contribution in [0.4, 0.5) is 0 Å². The van der Waals surface area contributed by atoms with Crippen LogP contribution in [-0.4, -0.2) is 25.8 Å². The van der Waals surface area contributed by atoms with E-state index in [4.69, 9.17) is 9.47 Å². The standard InChI is InChI=1S/C12H22O3/c1-4-12(2,3)11(13)15-9-10-5-7-14-8-6-10/h10H,4-9H2,1-3H3. The van der Waals surface area contributed by atoms with Crippen LogP contribution in [0, 0.1) is 11.3 Å². The van der Waals surface area contributed by atoms with Crippen LogP contribution in [0.15, 0.2) is 0 Å². The van der Waals surface area contributed by atoms with Gasteiger partial charge in [0.2, 0.25) is 0 Å². The Kier molecular flexibility index (Phi) is 4.58. The summed E-state index contributed by atoms with van der Waals surface area (Å²) >= 11 is 0. The van der Waals surface area contributed by atoms with Gasteiger partial charge in [-0.05, 0) is 39.0 Å². The zero-order valence-electron chi connectivity index (χ0n) is 10.0. The molecule has 1 rings (SSSR count). The number of carbonyl (C=O) groups excluding carboxylic acids is 1. The van der Waals surface area contributed by atoms with Crippen molar-refractivity contribution >= 4 is 5.97 Å². The fourth-order valence-electron chi connectivity index (χ4n) is 1.45. The molecule has 0 N–H and O–H groups in total. The average Bonchev–Trinajstić information content (AvgIpc) is 2.27. The van der Waals surface area contributed by atoms with Crippen molar-refractivity contribution < 1.29 is 14.3 Å². The van der Waals surface area contributed by atoms with E-state index in [1.54, 1.807) is 0 Å². The maximum absolute atomic E-state index is 11.7. The Labute approximate surface area is 92.1 Å². The predicted molar refractivity (Wildman–Crippen MR) is 58.6 cm³/mol. The lowest BCUT2D eigenvalue weighted by Crippen LogP contribution is -2.29. The lowest BCUT2D eigenvalue weighted by atomic mass is 9.90. The third kappa shape index (κ3) is 3.82. The number of rotatable bonds is 4. The van der Waals surface area contributed by atoms with E-state index in [1.807, 2.05) is 20.8 Å². The first-order chi connectivity index (χ1) is 7.06. The smallest absolute Gasteiger partial charge is 0.311 e. The number of hydrogen-bond donors (Lipinski definition) is 0. The van der Waals surface area contributed by atoms with Crippen molar-refractivity contribution in [3.8, 4) is 0 Å². The van der Waals surface area contributed by atoms with E-state index < -0.39 is 0 Å². The molecule has 0 aromatic rings. The van der Waals surface area contributed by atoms with Gasteiger partial charge in [0, 0.05) is 13.2 Å². The predicted octanol–water partition coefficient (Wildman–Crippen LogP) is 2.39. The van der Waals surface area contributed by atoms with Crippen LogP contribution in [0.2, 0.25) is 0 Å². The molecule has 0 aromatic heterocycles. The molecule has 1 heterocycles. The Hall–Kier alpha value is -0.570. The summed E-state index contributed by atoms with van der Waals surface area (Å²) in [5.74, 6) is 0.423. The van der Waals surface area contributed by atoms with Crippen molar-refractivity contribution in [2.45, 2.75) is 40.0 Å². The van der Waals surface area contributed by atoms with Crippen LogP contribution >= 0.6 is 0 Å². The Morgan fingerprint density at radius 2 is 2.00 bits per heavy atom. The topological polar surface area (TPSA) is 35.5 Å². The zero-order valence-corrected chi connectivity index (χ0v) is 10.0. The first kappa shape index (κ1) is 12.5. The highest BCUT2D eigenvalue weighted by Gasteiger charge is 2.28. The van der Waals surface area contributed by atoms with Gasteiger partial charge in [-0.25, -0.2) is 0 Å². The van der Waals surface area contributed by atoms with Crippen molar-refractivity contribution in [3.63, 3.8) is 0 Å². The molecular weight excluding hydrogens is 192 g/mol. The van der Waals surface area contributed by atoms with Crippen molar-refractivity contribution in [2.24, 2.45) is 11.3 Å². The Morgan fingerprint density at radius 1 is 1.40 bits per heavy atom. The van der Waals surface area contributed by atoms with Gasteiger partial charge in [-0.15, -0.1) is 0 Å². The minimum atomic E-state index is -0.342. The van der Waals surface area contributed by atoms with E-state index in [0.29, 0.717) is 12.5 Å². The quantitative estimate of drug-likeness (QED) is 0.674. The highest BCUT2D eigenvalue weighted by atomic mass is 16.5. The number of ether oxygens (including phenoxy) is 2. The Balaban J connectivity index is 2.26. The van der Waals surface area contributed by atoms with Gasteiger partial charge in [-0.1, -0.05) is 6.92 Å². The van der Waals surface area contributed by atoms with Crippen LogP contribution in [0.1, 0.15) is 40.0 Å². The molecule has 0 aromatic carbocycles. The lowest BCUT2D eigenvalue weighted by molar-refractivity contribution is -0.156. The van der Waals surface area contributed by atoms with Gasteiger partial charge in [-0.2, -0.15) is 0 Å². The minimum absolute atomic E-state index is 0.0727. The van der Waals surface area contributed by atoms with Gasteiger partial charge < -0.3 is 9.47 Å². The van der Waals surface area contributed by atoms with E-state index >= 15 is 0 Å². The molecule has 0 amide bonds. The normalized spacial score (nSPS) is 18.9. The van der Waals surface area contributed by atoms with Crippen LogP contribution in [0.5, 0.6) is 0 Å². The van der Waals surface area contributed by atoms with Gasteiger partial charge >= 0.3 is 5.97 Å². The first-order valence-electron chi connectivity index (χ1n) is 5.81. The van der Waals surface area contributed by atoms with E-state index in [2.05, 4.69) is 0 Å². The maximum atomic E-state index is 11.7. The molecule has 1 aliphatic rings. The summed E-state index contributed by atoms with van der Waals surface area (Å²) in [6.07, 6.45) is 2.85. The summed E-state index contributed by atoms with van der Waals surface area (Å²) in [6, 6.07) is 0. The third-order valence-electron chi connectivity index (χ3n) is 3.23. The van der Waals surface area contributed by atoms with E-state index in [1.165, 1.54) is 0 Å². The summed E-state index contributed by atoms with van der Waals surface area (Å²) in [4.78, 5) is 11.7. The van der Waals surface area contributed by atoms with E-state index in [9.17, 15) is 4.79 Å². The van der Waals surface area contributed by atoms with Gasteiger partial charge in [0.1, 0.15) is 0 Å². The highest BCUT2D eigenvalue weighted by molar-refractivity contribution is 5.75. The lowest BCUT2D eigenvalue weighted by Gasteiger charge is -2.25. The molecular formula is C12H22O3. The Morgan fingerprint density at radius 3 is 2.53 bits per heavy atom. The first-order valence-corrected chi connectivity index (χ1v) is 5.81. The molecule has 0 spiro atoms. The SMILES string of the molecule is CCC(C)(C)C(=O)OCC1CCOCC1. The molecule has 1 fully saturated rings. The monoisotopic (exact) mass is 214 g/mol. The highest BCUT2D eigenvalue weighted by Crippen LogP contribution is 2.23. The van der Waals surface area contributed by atoms with Crippen molar-refractivity contribution in [2.75, 3.05) is 19.8 Å². The average molecular weight is 214 g/mol. The molecule has 0 unspecified atom stereocenters. The molecule has 3 nitrogen and oxygen atoms in total. The summed E-state index contributed by atoms with van der Waals surface area (Å²) in [7, 11) is 0. The van der Waals surface area contributed by atoms with Crippen LogP contribution in [0.25, 0.3) is 0 Å². The number of esters is 1. The molecule has 15 heavy (non-hydrogen) atoms. The fraction of sp³-hybridized carbons (Fsp3) is 0.917. The van der Waals surface area contributed by atoms with Crippen molar-refractivity contribution in [1.82, 2.24) is 0 Å². The van der Waals surface area contributed by atoms with Gasteiger partial charge in [0.15, 0.2) is 0 Å². The third-order valence-corrected chi connectivity index (χ3v) is 3.23. The molecule has 0 radical (unpaired) electrons. The number of hydrogen-bond acceptors (Lipinski definition) is 3. The fourth-order valence-corrected chi connectivity index (χ4v) is 1.45. The summed E-state index contributed by atoms with van der Waals surface area (Å²) in [5.41, 5.74) is -0.342. The van der Waals surface area contributed by atoms with Crippen molar-refractivity contribution in [1.29, 1.82) is 0 Å². The molecule has 0 atom stereocenters. The van der Waals surface area contributed by atoms with Gasteiger partial charge in [0.05, 0.1) is 12.0 Å². The Bertz CT molecular complexity index is 205. The van der Waals surface area contributed by atoms with Gasteiger partial charge in [-0.3, -0.25) is 4.79 Å². The molecule has 3 heteroatoms. The summed E-state index contributed by atoms with van der Waals surface area (Å²) < 4.78 is 10.6. The molecule has 0 aliphatic carbocycles. The van der Waals surface area contributed by atoms with Crippen LogP contribution in [0.3, 0.4) is 0 Å². The minimum Gasteiger partial charge on any atom is -0.465 e. The van der Waals surface area contributed by atoms with Gasteiger partial charge in [0.25, 0.3) is 0 Å². The molecule has 1 saturated heterocycles. The summed E-state index contributed by atoms with van der Waals surface area (Å²) in [5, 5.41) is 0. The van der Waals surface area contributed by atoms with Crippen molar-refractivity contribution in [3.05, 3.63) is 0 Å². The summed E-state index contributed by atoms with van der Waals surface area (Å²) in [6.45, 7) is 8.04. The molecule has 0 saturated carbocycles. The van der Waals surface area contributed by atoms with E-state index in [-0.39, 0.29) is 11.4 Å². The second-order valence-electron chi connectivity index (χ2n) is 4.89. The van der Waals surface area contributed by atoms with E-state index in [0.717, 1.165) is 32.5 Å². The largest absolute Gasteiger partial charge is 0.465 e. The second kappa shape index (κ2) is 5.50. The maximum Gasteiger partial charge on any atom is 0.311 e. The van der Waals surface area contributed by atoms with Crippen LogP contribution in [-0.2, 0) is 14.3 Å².